The molecule has 0 heterocycles. The summed E-state index contributed by atoms with van der Waals surface area (Å²) < 4.78 is 136. The summed E-state index contributed by atoms with van der Waals surface area (Å²) in [7, 11) is -20.7. The fourth-order valence-electron chi connectivity index (χ4n) is 0. The third-order valence-corrected chi connectivity index (χ3v) is 0. The fourth-order valence-corrected chi connectivity index (χ4v) is 0. The van der Waals surface area contributed by atoms with Crippen LogP contribution >= 0.6 is 0 Å². The maximum atomic E-state index is 8.52. The summed E-state index contributed by atoms with van der Waals surface area (Å²) >= 11 is 0. The van der Waals surface area contributed by atoms with Crippen LogP contribution in [0.3, 0.4) is 0 Å². The summed E-state index contributed by atoms with van der Waals surface area (Å²) in [6.07, 6.45) is 0. The van der Waals surface area contributed by atoms with E-state index in [2.05, 4.69) is 0 Å². The van der Waals surface area contributed by atoms with E-state index in [4.69, 9.17) is 70.1 Å². The van der Waals surface area contributed by atoms with E-state index in [1.54, 1.807) is 0 Å². The Labute approximate surface area is 164 Å². The van der Waals surface area contributed by atoms with E-state index in [0.29, 0.717) is 0 Å². The molecule has 148 valence electrons. The molecule has 0 rings (SSSR count). The molecule has 23 heteroatoms. The maximum Gasteiger partial charge on any atom is 0.0311 e. The predicted molar refractivity (Wildman–Crippen MR) is 53.9 cm³/mol. The SMILES string of the molecule is O=S(=O)([O-])[O-].O=S(=O)([O-])[O-].O=S(=O)([O-])[O-].O=S(=O)([O-])[O-].[Ce].[NH4+].[NH4+]. The number of hydrogen-bond acceptors (Lipinski definition) is 16. The van der Waals surface area contributed by atoms with Gasteiger partial charge in [0, 0.05) is 83.3 Å². The molecule has 0 amide bonds. The zero-order valence-corrected chi connectivity index (χ0v) is 17.1. The molecule has 0 aliphatic heterocycles. The molecule has 0 saturated heterocycles. The molecular formula is H8CeN2O16S4-6. The van der Waals surface area contributed by atoms with Crippen molar-refractivity contribution in [1.82, 2.24) is 12.3 Å². The van der Waals surface area contributed by atoms with Crippen LogP contribution in [0.25, 0.3) is 0 Å². The quantitative estimate of drug-likeness (QED) is 0.208. The van der Waals surface area contributed by atoms with Crippen molar-refractivity contribution < 1.29 is 112 Å². The Bertz CT molecular complexity index is 483. The molecule has 0 unspecified atom stereocenters. The number of rotatable bonds is 0. The van der Waals surface area contributed by atoms with Gasteiger partial charge in [-0.15, -0.1) is 0 Å². The van der Waals surface area contributed by atoms with Gasteiger partial charge in [0.1, 0.15) is 0 Å². The summed E-state index contributed by atoms with van der Waals surface area (Å²) in [5, 5.41) is 0. The first-order chi connectivity index (χ1) is 8.00. The molecule has 0 radical (unpaired) electrons. The summed E-state index contributed by atoms with van der Waals surface area (Å²) in [4.78, 5) is 0. The van der Waals surface area contributed by atoms with Gasteiger partial charge in [0.25, 0.3) is 0 Å². The predicted octanol–water partition coefficient (Wildman–Crippen LogP) is -4.60. The molecule has 0 aromatic carbocycles. The van der Waals surface area contributed by atoms with Gasteiger partial charge >= 0.3 is 0 Å². The van der Waals surface area contributed by atoms with E-state index >= 15 is 0 Å². The Kier molecular flexibility index (Phi) is 33.5. The first-order valence-corrected chi connectivity index (χ1v) is 8.00. The second-order valence-corrected chi connectivity index (χ2v) is 4.90. The van der Waals surface area contributed by atoms with Gasteiger partial charge in [0.2, 0.25) is 0 Å². The van der Waals surface area contributed by atoms with Gasteiger partial charge in [-0.2, -0.15) is 0 Å². The fraction of sp³-hybridized carbons (Fsp3) is 0. The molecular weight excluding hydrogens is 552 g/mol. The third-order valence-electron chi connectivity index (χ3n) is 0. The van der Waals surface area contributed by atoms with Gasteiger partial charge in [-0.25, -0.2) is 0 Å². The molecule has 0 aliphatic carbocycles. The second-order valence-electron chi connectivity index (χ2n) is 1.63. The van der Waals surface area contributed by atoms with Crippen LogP contribution in [0.2, 0.25) is 0 Å². The van der Waals surface area contributed by atoms with E-state index in [0.717, 1.165) is 0 Å². The van der Waals surface area contributed by atoms with Crippen molar-refractivity contribution in [3.63, 3.8) is 0 Å². The first-order valence-electron chi connectivity index (χ1n) is 2.67. The van der Waals surface area contributed by atoms with Crippen LogP contribution in [0.4, 0.5) is 0 Å². The number of hydrogen-bond donors (Lipinski definition) is 2. The van der Waals surface area contributed by atoms with Crippen molar-refractivity contribution in [2.24, 2.45) is 0 Å². The van der Waals surface area contributed by atoms with Gasteiger partial charge in [0.15, 0.2) is 0 Å². The Balaban J connectivity index is -0.0000000284. The molecule has 0 atom stereocenters. The van der Waals surface area contributed by atoms with Crippen molar-refractivity contribution in [3.8, 4) is 0 Å². The monoisotopic (exact) mass is 560 g/mol. The average molecular weight is 560 g/mol. The van der Waals surface area contributed by atoms with E-state index in [1.807, 2.05) is 0 Å². The van der Waals surface area contributed by atoms with Crippen LogP contribution in [0.5, 0.6) is 0 Å². The normalized spacial score (nSPS) is 10.1. The first kappa shape index (κ1) is 43.8. The number of quaternary nitrogens is 2. The molecule has 0 saturated carbocycles. The molecule has 0 bridgehead atoms. The minimum absolute atomic E-state index is 0. The Hall–Kier alpha value is 0.777. The summed E-state index contributed by atoms with van der Waals surface area (Å²) in [5.41, 5.74) is 0. The minimum atomic E-state index is -5.17. The average Bonchev–Trinajstić information content (AvgIpc) is 1.62. The molecule has 23 heavy (non-hydrogen) atoms. The molecule has 0 aliphatic rings. The standard InChI is InChI=1S/Ce.2H3N.4H2O4S/c;;;4*1-5(2,3)4/h;2*1H3;4*(H2,1,2,3,4)/p-6. The van der Waals surface area contributed by atoms with E-state index in [9.17, 15) is 0 Å². The van der Waals surface area contributed by atoms with Crippen LogP contribution in [0.15, 0.2) is 0 Å². The summed E-state index contributed by atoms with van der Waals surface area (Å²) in [6, 6.07) is 0. The summed E-state index contributed by atoms with van der Waals surface area (Å²) in [6.45, 7) is 0. The van der Waals surface area contributed by atoms with Gasteiger partial charge in [-0.05, 0) is 0 Å². The van der Waals surface area contributed by atoms with E-state index in [-0.39, 0.29) is 54.0 Å². The van der Waals surface area contributed by atoms with Crippen molar-refractivity contribution in [2.45, 2.75) is 0 Å². The smallest absolute Gasteiger partial charge is 0.0311 e. The second kappa shape index (κ2) is 17.6. The van der Waals surface area contributed by atoms with Crippen molar-refractivity contribution >= 4 is 41.6 Å². The molecule has 0 spiro atoms. The molecule has 18 nitrogen and oxygen atoms in total. The Morgan fingerprint density at radius 1 is 0.348 bits per heavy atom. The Morgan fingerprint density at radius 3 is 0.348 bits per heavy atom. The summed E-state index contributed by atoms with van der Waals surface area (Å²) in [5.74, 6) is 0. The molecule has 0 fully saturated rings. The van der Waals surface area contributed by atoms with Gasteiger partial charge in [-0.3, -0.25) is 33.7 Å². The largest absolute Gasteiger partial charge is 0.759 e. The van der Waals surface area contributed by atoms with Crippen molar-refractivity contribution in [1.29, 1.82) is 0 Å². The van der Waals surface area contributed by atoms with E-state index < -0.39 is 41.6 Å². The zero-order valence-electron chi connectivity index (χ0n) is 10.7. The van der Waals surface area contributed by atoms with Crippen molar-refractivity contribution in [2.75, 3.05) is 0 Å². The topological polar surface area (TPSA) is 394 Å². The minimum Gasteiger partial charge on any atom is -0.759 e. The van der Waals surface area contributed by atoms with Crippen LogP contribution in [0, 0.1) is 41.7 Å². The van der Waals surface area contributed by atoms with Crippen molar-refractivity contribution in [3.05, 3.63) is 0 Å². The molecule has 0 aromatic heterocycles. The van der Waals surface area contributed by atoms with Crippen LogP contribution in [-0.4, -0.2) is 70.1 Å². The zero-order chi connectivity index (χ0) is 18.0. The van der Waals surface area contributed by atoms with Crippen LogP contribution in [0.1, 0.15) is 0 Å². The van der Waals surface area contributed by atoms with Crippen LogP contribution < -0.4 is 12.3 Å². The van der Waals surface area contributed by atoms with Gasteiger partial charge in [-0.1, -0.05) is 0 Å². The van der Waals surface area contributed by atoms with Crippen LogP contribution in [-0.2, 0) is 41.6 Å². The molecule has 8 N–H and O–H groups in total. The molecule has 0 aromatic rings. The van der Waals surface area contributed by atoms with Gasteiger partial charge < -0.3 is 48.7 Å². The third kappa shape index (κ3) is 16300. The Morgan fingerprint density at radius 2 is 0.348 bits per heavy atom. The van der Waals surface area contributed by atoms with Gasteiger partial charge in [0.05, 0.1) is 0 Å². The van der Waals surface area contributed by atoms with E-state index in [1.165, 1.54) is 0 Å². The maximum absolute atomic E-state index is 8.52.